The number of anilines is 1. The van der Waals surface area contributed by atoms with Crippen LogP contribution in [-0.2, 0) is 9.47 Å². The standard InChI is InChI=1S/C15H21NO2S/c1-19-14-5-3-2-4-13(14)16-12-6-8-18-15(10-12)7-9-17-11-15/h2-5,12,16H,6-11H2,1H3. The van der Waals surface area contributed by atoms with Crippen molar-refractivity contribution in [2.24, 2.45) is 0 Å². The largest absolute Gasteiger partial charge is 0.381 e. The number of nitrogens with one attached hydrogen (secondary N) is 1. The van der Waals surface area contributed by atoms with Gasteiger partial charge in [-0.3, -0.25) is 0 Å². The van der Waals surface area contributed by atoms with E-state index in [4.69, 9.17) is 9.47 Å². The van der Waals surface area contributed by atoms with Crippen LogP contribution in [0.1, 0.15) is 19.3 Å². The first-order valence-electron chi connectivity index (χ1n) is 6.93. The molecule has 2 aliphatic rings. The van der Waals surface area contributed by atoms with E-state index in [1.54, 1.807) is 11.8 Å². The first-order valence-corrected chi connectivity index (χ1v) is 8.15. The highest BCUT2D eigenvalue weighted by molar-refractivity contribution is 7.98. The van der Waals surface area contributed by atoms with Gasteiger partial charge in [0.05, 0.1) is 12.2 Å². The predicted molar refractivity (Wildman–Crippen MR) is 79.0 cm³/mol. The SMILES string of the molecule is CSc1ccccc1NC1CCOC2(CCOC2)C1. The molecule has 3 rings (SSSR count). The third-order valence-corrected chi connectivity index (χ3v) is 4.82. The van der Waals surface area contributed by atoms with Crippen molar-refractivity contribution in [3.05, 3.63) is 24.3 Å². The molecule has 1 N–H and O–H groups in total. The molecular formula is C15H21NO2S. The van der Waals surface area contributed by atoms with E-state index in [1.165, 1.54) is 10.6 Å². The van der Waals surface area contributed by atoms with Crippen molar-refractivity contribution in [2.45, 2.75) is 35.8 Å². The highest BCUT2D eigenvalue weighted by Crippen LogP contribution is 2.35. The molecular weight excluding hydrogens is 258 g/mol. The molecule has 0 aliphatic carbocycles. The van der Waals surface area contributed by atoms with Crippen molar-refractivity contribution in [3.63, 3.8) is 0 Å². The minimum atomic E-state index is -0.0236. The molecule has 0 amide bonds. The van der Waals surface area contributed by atoms with Crippen LogP contribution in [0.5, 0.6) is 0 Å². The lowest BCUT2D eigenvalue weighted by atomic mass is 9.89. The monoisotopic (exact) mass is 279 g/mol. The van der Waals surface area contributed by atoms with Crippen molar-refractivity contribution >= 4 is 17.4 Å². The van der Waals surface area contributed by atoms with E-state index in [0.717, 1.165) is 39.1 Å². The summed E-state index contributed by atoms with van der Waals surface area (Å²) >= 11 is 1.79. The number of hydrogen-bond donors (Lipinski definition) is 1. The summed E-state index contributed by atoms with van der Waals surface area (Å²) in [7, 11) is 0. The van der Waals surface area contributed by atoms with Gasteiger partial charge in [-0.25, -0.2) is 0 Å². The first-order chi connectivity index (χ1) is 9.31. The lowest BCUT2D eigenvalue weighted by molar-refractivity contribution is -0.0828. The summed E-state index contributed by atoms with van der Waals surface area (Å²) in [6.45, 7) is 2.44. The van der Waals surface area contributed by atoms with E-state index < -0.39 is 0 Å². The number of hydrogen-bond acceptors (Lipinski definition) is 4. The molecule has 2 heterocycles. The maximum Gasteiger partial charge on any atom is 0.0956 e. The normalized spacial score (nSPS) is 30.7. The topological polar surface area (TPSA) is 30.5 Å². The smallest absolute Gasteiger partial charge is 0.0956 e. The molecule has 2 fully saturated rings. The molecule has 2 aliphatic heterocycles. The maximum atomic E-state index is 5.98. The second kappa shape index (κ2) is 5.73. The van der Waals surface area contributed by atoms with Crippen LogP contribution >= 0.6 is 11.8 Å². The van der Waals surface area contributed by atoms with Crippen LogP contribution in [-0.4, -0.2) is 37.7 Å². The van der Waals surface area contributed by atoms with Crippen molar-refractivity contribution in [2.75, 3.05) is 31.4 Å². The van der Waals surface area contributed by atoms with E-state index in [9.17, 15) is 0 Å². The van der Waals surface area contributed by atoms with Gasteiger partial charge in [0.15, 0.2) is 0 Å². The third-order valence-electron chi connectivity index (χ3n) is 4.03. The number of ether oxygens (including phenoxy) is 2. The van der Waals surface area contributed by atoms with E-state index >= 15 is 0 Å². The third kappa shape index (κ3) is 2.91. The lowest BCUT2D eigenvalue weighted by Crippen LogP contribution is -2.45. The van der Waals surface area contributed by atoms with Gasteiger partial charge < -0.3 is 14.8 Å². The zero-order chi connectivity index (χ0) is 13.1. The Bertz CT molecular complexity index is 432. The Kier molecular flexibility index (Phi) is 4.01. The fourth-order valence-corrected chi connectivity index (χ4v) is 3.56. The van der Waals surface area contributed by atoms with E-state index in [2.05, 4.69) is 35.8 Å². The number of rotatable bonds is 3. The van der Waals surface area contributed by atoms with Crippen LogP contribution in [0.4, 0.5) is 5.69 Å². The highest BCUT2D eigenvalue weighted by Gasteiger charge is 2.41. The Morgan fingerprint density at radius 1 is 1.32 bits per heavy atom. The summed E-state index contributed by atoms with van der Waals surface area (Å²) in [6.07, 6.45) is 5.28. The second-order valence-electron chi connectivity index (χ2n) is 5.37. The van der Waals surface area contributed by atoms with E-state index in [0.29, 0.717) is 6.04 Å². The lowest BCUT2D eigenvalue weighted by Gasteiger charge is -2.38. The van der Waals surface area contributed by atoms with Crippen molar-refractivity contribution in [1.82, 2.24) is 0 Å². The van der Waals surface area contributed by atoms with Gasteiger partial charge in [0.25, 0.3) is 0 Å². The summed E-state index contributed by atoms with van der Waals surface area (Å²) < 4.78 is 11.5. The molecule has 1 aromatic carbocycles. The van der Waals surface area contributed by atoms with E-state index in [-0.39, 0.29) is 5.60 Å². The summed E-state index contributed by atoms with van der Waals surface area (Å²) in [6, 6.07) is 9.01. The van der Waals surface area contributed by atoms with Gasteiger partial charge in [0.1, 0.15) is 0 Å². The van der Waals surface area contributed by atoms with Gasteiger partial charge in [-0.2, -0.15) is 0 Å². The minimum absolute atomic E-state index is 0.0236. The molecule has 0 aromatic heterocycles. The van der Waals surface area contributed by atoms with Crippen molar-refractivity contribution < 1.29 is 9.47 Å². The molecule has 2 unspecified atom stereocenters. The fourth-order valence-electron chi connectivity index (χ4n) is 3.00. The fraction of sp³-hybridized carbons (Fsp3) is 0.600. The van der Waals surface area contributed by atoms with Crippen molar-refractivity contribution in [3.8, 4) is 0 Å². The summed E-state index contributed by atoms with van der Waals surface area (Å²) in [5.41, 5.74) is 1.22. The molecule has 0 radical (unpaired) electrons. The van der Waals surface area contributed by atoms with E-state index in [1.807, 2.05) is 0 Å². The van der Waals surface area contributed by atoms with Crippen LogP contribution in [0.15, 0.2) is 29.2 Å². The molecule has 2 saturated heterocycles. The predicted octanol–water partition coefficient (Wildman–Crippen LogP) is 3.16. The zero-order valence-corrected chi connectivity index (χ0v) is 12.2. The second-order valence-corrected chi connectivity index (χ2v) is 6.22. The summed E-state index contributed by atoms with van der Waals surface area (Å²) in [5, 5.41) is 3.70. The van der Waals surface area contributed by atoms with Gasteiger partial charge in [-0.1, -0.05) is 12.1 Å². The van der Waals surface area contributed by atoms with Gasteiger partial charge >= 0.3 is 0 Å². The number of benzene rings is 1. The number of thioether (sulfide) groups is 1. The van der Waals surface area contributed by atoms with Crippen LogP contribution in [0.25, 0.3) is 0 Å². The van der Waals surface area contributed by atoms with Gasteiger partial charge in [0.2, 0.25) is 0 Å². The maximum absolute atomic E-state index is 5.98. The van der Waals surface area contributed by atoms with Gasteiger partial charge in [0, 0.05) is 36.3 Å². The zero-order valence-electron chi connectivity index (χ0n) is 11.4. The van der Waals surface area contributed by atoms with Crippen LogP contribution in [0, 0.1) is 0 Å². The van der Waals surface area contributed by atoms with Gasteiger partial charge in [-0.05, 0) is 31.2 Å². The molecule has 3 nitrogen and oxygen atoms in total. The Hall–Kier alpha value is -0.710. The average molecular weight is 279 g/mol. The average Bonchev–Trinajstić information content (AvgIpc) is 2.87. The first kappa shape index (κ1) is 13.3. The van der Waals surface area contributed by atoms with Crippen LogP contribution in [0.3, 0.4) is 0 Å². The molecule has 4 heteroatoms. The Balaban J connectivity index is 1.69. The summed E-state index contributed by atoms with van der Waals surface area (Å²) in [4.78, 5) is 1.31. The molecule has 0 saturated carbocycles. The van der Waals surface area contributed by atoms with Crippen LogP contribution in [0.2, 0.25) is 0 Å². The quantitative estimate of drug-likeness (QED) is 0.861. The molecule has 1 spiro atoms. The molecule has 1 aromatic rings. The van der Waals surface area contributed by atoms with Crippen LogP contribution < -0.4 is 5.32 Å². The molecule has 104 valence electrons. The Morgan fingerprint density at radius 2 is 2.21 bits per heavy atom. The van der Waals surface area contributed by atoms with Crippen molar-refractivity contribution in [1.29, 1.82) is 0 Å². The van der Waals surface area contributed by atoms with Gasteiger partial charge in [-0.15, -0.1) is 11.8 Å². The number of para-hydroxylation sites is 1. The molecule has 19 heavy (non-hydrogen) atoms. The Labute approximate surface area is 119 Å². The molecule has 0 bridgehead atoms. The molecule has 2 atom stereocenters. The highest BCUT2D eigenvalue weighted by atomic mass is 32.2. The minimum Gasteiger partial charge on any atom is -0.381 e. The Morgan fingerprint density at radius 3 is 3.00 bits per heavy atom. The summed E-state index contributed by atoms with van der Waals surface area (Å²) in [5.74, 6) is 0.